The van der Waals surface area contributed by atoms with Gasteiger partial charge in [0, 0.05) is 17.2 Å². The summed E-state index contributed by atoms with van der Waals surface area (Å²) in [5, 5.41) is 0.410. The normalized spacial score (nSPS) is 20.8. The summed E-state index contributed by atoms with van der Waals surface area (Å²) in [4.78, 5) is 16.6. The summed E-state index contributed by atoms with van der Waals surface area (Å²) in [5.41, 5.74) is 1.37. The molecule has 0 radical (unpaired) electrons. The molecule has 7 heteroatoms. The number of esters is 1. The van der Waals surface area contributed by atoms with Gasteiger partial charge in [0.1, 0.15) is 0 Å². The highest BCUT2D eigenvalue weighted by Gasteiger charge is 2.40. The van der Waals surface area contributed by atoms with Gasteiger partial charge >= 0.3 is 5.97 Å². The van der Waals surface area contributed by atoms with E-state index >= 15 is 0 Å². The van der Waals surface area contributed by atoms with Crippen LogP contribution in [-0.2, 0) is 14.3 Å². The topological polar surface area (TPSA) is 66.4 Å². The van der Waals surface area contributed by atoms with Gasteiger partial charge in [-0.25, -0.2) is 9.79 Å². The molecule has 128 valence electrons. The van der Waals surface area contributed by atoms with Crippen molar-refractivity contribution in [3.8, 4) is 11.5 Å². The minimum Gasteiger partial charge on any atom is -0.467 e. The molecule has 0 spiro atoms. The Balaban J connectivity index is 1.73. The van der Waals surface area contributed by atoms with E-state index < -0.39 is 18.1 Å². The van der Waals surface area contributed by atoms with Crippen molar-refractivity contribution >= 4 is 23.5 Å². The van der Waals surface area contributed by atoms with Gasteiger partial charge in [-0.15, -0.1) is 0 Å². The van der Waals surface area contributed by atoms with E-state index in [4.69, 9.17) is 30.5 Å². The highest BCUT2D eigenvalue weighted by atomic mass is 35.5. The van der Waals surface area contributed by atoms with Crippen molar-refractivity contribution in [2.45, 2.75) is 12.1 Å². The zero-order valence-corrected chi connectivity index (χ0v) is 14.0. The summed E-state index contributed by atoms with van der Waals surface area (Å²) in [5.74, 6) is 0.991. The number of fused-ring (bicyclic) bond motifs is 1. The van der Waals surface area contributed by atoms with Crippen LogP contribution in [-0.4, -0.2) is 31.8 Å². The predicted octanol–water partition coefficient (Wildman–Crippen LogP) is 3.13. The molecule has 2 heterocycles. The van der Waals surface area contributed by atoms with Gasteiger partial charge in [-0.3, -0.25) is 0 Å². The fraction of sp³-hybridized carbons (Fsp3) is 0.222. The Hall–Kier alpha value is -2.73. The van der Waals surface area contributed by atoms with Gasteiger partial charge in [-0.05, 0) is 18.2 Å². The second-order valence-electron chi connectivity index (χ2n) is 5.53. The van der Waals surface area contributed by atoms with Gasteiger partial charge in [-0.1, -0.05) is 29.8 Å². The Morgan fingerprint density at radius 3 is 2.64 bits per heavy atom. The zero-order valence-electron chi connectivity index (χ0n) is 13.3. The van der Waals surface area contributed by atoms with Crippen LogP contribution in [0.3, 0.4) is 0 Å². The third-order valence-electron chi connectivity index (χ3n) is 4.04. The van der Waals surface area contributed by atoms with E-state index in [1.807, 2.05) is 30.3 Å². The third-order valence-corrected chi connectivity index (χ3v) is 4.37. The maximum atomic E-state index is 12.2. The van der Waals surface area contributed by atoms with Crippen LogP contribution in [0.15, 0.2) is 47.5 Å². The van der Waals surface area contributed by atoms with Crippen molar-refractivity contribution < 1.29 is 23.7 Å². The van der Waals surface area contributed by atoms with Crippen LogP contribution in [0.5, 0.6) is 11.5 Å². The van der Waals surface area contributed by atoms with Crippen molar-refractivity contribution in [1.82, 2.24) is 0 Å². The first-order chi connectivity index (χ1) is 12.2. The minimum absolute atomic E-state index is 0.132. The van der Waals surface area contributed by atoms with Gasteiger partial charge in [0.15, 0.2) is 23.6 Å². The van der Waals surface area contributed by atoms with E-state index in [2.05, 4.69) is 4.99 Å². The average molecular weight is 360 g/mol. The van der Waals surface area contributed by atoms with E-state index in [1.54, 1.807) is 12.1 Å². The summed E-state index contributed by atoms with van der Waals surface area (Å²) >= 11 is 6.38. The minimum atomic E-state index is -0.849. The van der Waals surface area contributed by atoms with E-state index in [0.29, 0.717) is 28.0 Å². The molecule has 2 unspecified atom stereocenters. The molecule has 2 aromatic rings. The number of rotatable bonds is 3. The summed E-state index contributed by atoms with van der Waals surface area (Å²) < 4.78 is 21.6. The highest BCUT2D eigenvalue weighted by molar-refractivity contribution is 6.31. The van der Waals surface area contributed by atoms with Gasteiger partial charge in [-0.2, -0.15) is 0 Å². The maximum absolute atomic E-state index is 12.2. The van der Waals surface area contributed by atoms with Crippen molar-refractivity contribution in [3.63, 3.8) is 0 Å². The number of aliphatic imine (C=N–C) groups is 1. The van der Waals surface area contributed by atoms with Gasteiger partial charge in [0.2, 0.25) is 12.7 Å². The van der Waals surface area contributed by atoms with Crippen LogP contribution in [0.2, 0.25) is 5.02 Å². The first-order valence-electron chi connectivity index (χ1n) is 7.64. The molecule has 2 aromatic carbocycles. The second-order valence-corrected chi connectivity index (χ2v) is 5.94. The number of hydrogen-bond acceptors (Lipinski definition) is 6. The van der Waals surface area contributed by atoms with Crippen LogP contribution in [0.1, 0.15) is 17.2 Å². The molecule has 2 aliphatic heterocycles. The molecule has 0 aliphatic carbocycles. The number of halogens is 1. The zero-order chi connectivity index (χ0) is 17.4. The second kappa shape index (κ2) is 6.29. The molecule has 0 aromatic heterocycles. The molecule has 2 atom stereocenters. The number of ether oxygens (including phenoxy) is 4. The summed E-state index contributed by atoms with van der Waals surface area (Å²) in [7, 11) is 1.32. The van der Waals surface area contributed by atoms with Crippen molar-refractivity contribution in [2.75, 3.05) is 13.9 Å². The number of methoxy groups -OCH3 is 1. The Labute approximate surface area is 148 Å². The highest BCUT2D eigenvalue weighted by Crippen LogP contribution is 2.42. The Morgan fingerprint density at radius 1 is 1.20 bits per heavy atom. The molecule has 6 nitrogen and oxygen atoms in total. The molecule has 0 N–H and O–H groups in total. The quantitative estimate of drug-likeness (QED) is 0.788. The lowest BCUT2D eigenvalue weighted by Gasteiger charge is -2.18. The Bertz CT molecular complexity index is 852. The molecule has 2 aliphatic rings. The lowest BCUT2D eigenvalue weighted by atomic mass is 10.0. The molecule has 0 saturated carbocycles. The first-order valence-corrected chi connectivity index (χ1v) is 8.02. The largest absolute Gasteiger partial charge is 0.467 e. The number of carbonyl (C=O) groups excluding carboxylic acids is 1. The predicted molar refractivity (Wildman–Crippen MR) is 90.2 cm³/mol. The van der Waals surface area contributed by atoms with Crippen LogP contribution in [0.4, 0.5) is 0 Å². The fourth-order valence-electron chi connectivity index (χ4n) is 2.81. The molecular formula is C18H14ClNO5. The van der Waals surface area contributed by atoms with Gasteiger partial charge < -0.3 is 18.9 Å². The molecular weight excluding hydrogens is 346 g/mol. The maximum Gasteiger partial charge on any atom is 0.335 e. The van der Waals surface area contributed by atoms with Gasteiger partial charge in [0.05, 0.1) is 12.1 Å². The van der Waals surface area contributed by atoms with Crippen LogP contribution in [0.25, 0.3) is 0 Å². The van der Waals surface area contributed by atoms with Crippen LogP contribution in [0, 0.1) is 0 Å². The van der Waals surface area contributed by atoms with E-state index in [9.17, 15) is 4.79 Å². The Morgan fingerprint density at radius 2 is 1.92 bits per heavy atom. The lowest BCUT2D eigenvalue weighted by Crippen LogP contribution is -2.25. The summed E-state index contributed by atoms with van der Waals surface area (Å²) in [6.45, 7) is 0.132. The third kappa shape index (κ3) is 2.78. The molecule has 0 fully saturated rings. The average Bonchev–Trinajstić information content (AvgIpc) is 3.27. The smallest absolute Gasteiger partial charge is 0.335 e. The van der Waals surface area contributed by atoms with E-state index in [1.165, 1.54) is 7.11 Å². The fourth-order valence-corrected chi connectivity index (χ4v) is 3.08. The standard InChI is InChI=1S/C18H14ClNO5/c1-22-18(21)15-16(25-17(20-15)10-5-3-2-4-6-10)11-7-13-14(8-12(11)19)24-9-23-13/h2-8,15-16H,9H2,1H3. The first kappa shape index (κ1) is 15.8. The summed E-state index contributed by atoms with van der Waals surface area (Å²) in [6.07, 6.45) is -0.704. The molecule has 0 saturated heterocycles. The van der Waals surface area contributed by atoms with E-state index in [0.717, 1.165) is 5.56 Å². The molecule has 0 bridgehead atoms. The van der Waals surface area contributed by atoms with E-state index in [-0.39, 0.29) is 6.79 Å². The lowest BCUT2D eigenvalue weighted by molar-refractivity contribution is -0.143. The van der Waals surface area contributed by atoms with Crippen molar-refractivity contribution in [1.29, 1.82) is 0 Å². The molecule has 25 heavy (non-hydrogen) atoms. The monoisotopic (exact) mass is 359 g/mol. The molecule has 0 amide bonds. The number of carbonyl (C=O) groups is 1. The number of benzene rings is 2. The Kier molecular flexibility index (Phi) is 3.97. The molecule has 4 rings (SSSR count). The van der Waals surface area contributed by atoms with Crippen LogP contribution >= 0.6 is 11.6 Å². The summed E-state index contributed by atoms with van der Waals surface area (Å²) in [6, 6.07) is 11.9. The van der Waals surface area contributed by atoms with Crippen LogP contribution < -0.4 is 9.47 Å². The number of nitrogens with zero attached hydrogens (tertiary/aromatic N) is 1. The SMILES string of the molecule is COC(=O)C1N=C(c2ccccc2)OC1c1cc2c(cc1Cl)OCO2. The van der Waals surface area contributed by atoms with Gasteiger partial charge in [0.25, 0.3) is 0 Å². The number of hydrogen-bond donors (Lipinski definition) is 0. The van der Waals surface area contributed by atoms with Crippen molar-refractivity contribution in [2.24, 2.45) is 4.99 Å². The van der Waals surface area contributed by atoms with Crippen molar-refractivity contribution in [3.05, 3.63) is 58.6 Å².